The van der Waals surface area contributed by atoms with Gasteiger partial charge in [-0.25, -0.2) is 4.98 Å². The number of ketones is 1. The third-order valence-electron chi connectivity index (χ3n) is 3.66. The van der Waals surface area contributed by atoms with Crippen LogP contribution in [0.2, 0.25) is 0 Å². The molecule has 1 aromatic heterocycles. The van der Waals surface area contributed by atoms with Crippen molar-refractivity contribution in [2.45, 2.75) is 58.5 Å². The summed E-state index contributed by atoms with van der Waals surface area (Å²) in [6.07, 6.45) is 4.88. The molecule has 2 heterocycles. The van der Waals surface area contributed by atoms with E-state index in [1.54, 1.807) is 18.3 Å². The van der Waals surface area contributed by atoms with Crippen LogP contribution in [-0.4, -0.2) is 34.3 Å². The van der Waals surface area contributed by atoms with Crippen molar-refractivity contribution in [3.8, 4) is 0 Å². The first-order valence-corrected chi connectivity index (χ1v) is 7.67. The summed E-state index contributed by atoms with van der Waals surface area (Å²) in [5.74, 6) is 0.0712. The highest BCUT2D eigenvalue weighted by molar-refractivity contribution is 7.09. The molecule has 1 fully saturated rings. The fourth-order valence-electron chi connectivity index (χ4n) is 2.69. The number of thiazole rings is 1. The van der Waals surface area contributed by atoms with Gasteiger partial charge in [0, 0.05) is 30.8 Å². The van der Waals surface area contributed by atoms with Gasteiger partial charge in [0.2, 0.25) is 0 Å². The molecule has 0 N–H and O–H groups in total. The lowest BCUT2D eigenvalue weighted by molar-refractivity contribution is 0.101. The number of rotatable bonds is 4. The highest BCUT2D eigenvalue weighted by Crippen LogP contribution is 2.24. The van der Waals surface area contributed by atoms with Crippen LogP contribution in [-0.2, 0) is 6.42 Å². The van der Waals surface area contributed by atoms with Gasteiger partial charge in [-0.05, 0) is 33.2 Å². The number of aromatic nitrogens is 1. The van der Waals surface area contributed by atoms with Crippen LogP contribution >= 0.6 is 11.3 Å². The first-order chi connectivity index (χ1) is 8.58. The van der Waals surface area contributed by atoms with E-state index < -0.39 is 0 Å². The number of piperidine rings is 1. The van der Waals surface area contributed by atoms with E-state index >= 15 is 0 Å². The van der Waals surface area contributed by atoms with Crippen molar-refractivity contribution in [2.24, 2.45) is 0 Å². The third-order valence-corrected chi connectivity index (χ3v) is 4.53. The molecule has 3 nitrogen and oxygen atoms in total. The van der Waals surface area contributed by atoms with Gasteiger partial charge in [-0.1, -0.05) is 6.42 Å². The predicted octanol–water partition coefficient (Wildman–Crippen LogP) is 3.15. The molecule has 1 atom stereocenters. The van der Waals surface area contributed by atoms with Gasteiger partial charge in [0.25, 0.3) is 0 Å². The fourth-order valence-corrected chi connectivity index (χ4v) is 3.60. The van der Waals surface area contributed by atoms with Crippen LogP contribution in [0.1, 0.15) is 55.5 Å². The first-order valence-electron chi connectivity index (χ1n) is 6.79. The monoisotopic (exact) mass is 266 g/mol. The number of Topliss-reactive ketones (excluding diaryl/α,β-unsaturated/α-hetero) is 1. The Bertz CT molecular complexity index is 414. The van der Waals surface area contributed by atoms with E-state index in [9.17, 15) is 4.79 Å². The van der Waals surface area contributed by atoms with E-state index in [1.165, 1.54) is 25.8 Å². The van der Waals surface area contributed by atoms with Crippen LogP contribution in [0, 0.1) is 0 Å². The standard InChI is InChI=1S/C14H22N2OS/c1-10(2)16-7-5-4-6-12(16)8-14-15-13(9-18-14)11(3)17/h9-10,12H,4-8H2,1-3H3. The van der Waals surface area contributed by atoms with Crippen molar-refractivity contribution in [2.75, 3.05) is 6.54 Å². The first kappa shape index (κ1) is 13.7. The van der Waals surface area contributed by atoms with E-state index in [4.69, 9.17) is 0 Å². The molecule has 0 radical (unpaired) electrons. The highest BCUT2D eigenvalue weighted by atomic mass is 32.1. The molecule has 1 aliphatic heterocycles. The lowest BCUT2D eigenvalue weighted by atomic mass is 9.98. The highest BCUT2D eigenvalue weighted by Gasteiger charge is 2.25. The van der Waals surface area contributed by atoms with Crippen molar-refractivity contribution in [1.82, 2.24) is 9.88 Å². The predicted molar refractivity (Wildman–Crippen MR) is 75.3 cm³/mol. The summed E-state index contributed by atoms with van der Waals surface area (Å²) in [5, 5.41) is 3.00. The van der Waals surface area contributed by atoms with Crippen LogP contribution < -0.4 is 0 Å². The van der Waals surface area contributed by atoms with Gasteiger partial charge >= 0.3 is 0 Å². The van der Waals surface area contributed by atoms with Crippen molar-refractivity contribution in [3.63, 3.8) is 0 Å². The molecule has 4 heteroatoms. The minimum atomic E-state index is 0.0712. The van der Waals surface area contributed by atoms with Crippen molar-refractivity contribution in [3.05, 3.63) is 16.1 Å². The number of likely N-dealkylation sites (tertiary alicyclic amines) is 1. The lowest BCUT2D eigenvalue weighted by Gasteiger charge is -2.38. The summed E-state index contributed by atoms with van der Waals surface area (Å²) in [6.45, 7) is 7.31. The Labute approximate surface area is 113 Å². The summed E-state index contributed by atoms with van der Waals surface area (Å²) in [6, 6.07) is 1.20. The second-order valence-corrected chi connectivity index (χ2v) is 6.31. The Balaban J connectivity index is 2.03. The van der Waals surface area contributed by atoms with Crippen LogP contribution in [0.15, 0.2) is 5.38 Å². The summed E-state index contributed by atoms with van der Waals surface area (Å²) >= 11 is 1.63. The maximum atomic E-state index is 11.3. The van der Waals surface area contributed by atoms with Gasteiger partial charge in [-0.15, -0.1) is 11.3 Å². The molecule has 0 spiro atoms. The van der Waals surface area contributed by atoms with E-state index in [-0.39, 0.29) is 5.78 Å². The minimum Gasteiger partial charge on any atom is -0.298 e. The number of nitrogens with zero attached hydrogens (tertiary/aromatic N) is 2. The quantitative estimate of drug-likeness (QED) is 0.785. The van der Waals surface area contributed by atoms with Crippen LogP contribution in [0.3, 0.4) is 0 Å². The molecule has 1 aliphatic rings. The second-order valence-electron chi connectivity index (χ2n) is 5.37. The largest absolute Gasteiger partial charge is 0.298 e. The summed E-state index contributed by atoms with van der Waals surface area (Å²) in [5.41, 5.74) is 0.627. The Kier molecular flexibility index (Phi) is 4.51. The number of hydrogen-bond acceptors (Lipinski definition) is 4. The van der Waals surface area contributed by atoms with Gasteiger partial charge < -0.3 is 0 Å². The Morgan fingerprint density at radius 3 is 2.94 bits per heavy atom. The molecule has 0 amide bonds. The van der Waals surface area contributed by atoms with Gasteiger partial charge in [0.15, 0.2) is 5.78 Å². The average molecular weight is 266 g/mol. The molecule has 1 unspecified atom stereocenters. The number of carbonyl (C=O) groups excluding carboxylic acids is 1. The Morgan fingerprint density at radius 1 is 1.56 bits per heavy atom. The van der Waals surface area contributed by atoms with E-state index in [0.29, 0.717) is 17.8 Å². The zero-order chi connectivity index (χ0) is 13.1. The minimum absolute atomic E-state index is 0.0712. The Morgan fingerprint density at radius 2 is 2.33 bits per heavy atom. The van der Waals surface area contributed by atoms with Gasteiger partial charge in [-0.3, -0.25) is 9.69 Å². The van der Waals surface area contributed by atoms with Crippen molar-refractivity contribution < 1.29 is 4.79 Å². The zero-order valence-electron chi connectivity index (χ0n) is 11.5. The third kappa shape index (κ3) is 3.18. The number of carbonyl (C=O) groups is 1. The number of hydrogen-bond donors (Lipinski definition) is 0. The lowest BCUT2D eigenvalue weighted by Crippen LogP contribution is -2.44. The van der Waals surface area contributed by atoms with Gasteiger partial charge in [-0.2, -0.15) is 0 Å². The molecule has 1 aromatic rings. The van der Waals surface area contributed by atoms with Crippen LogP contribution in [0.5, 0.6) is 0 Å². The zero-order valence-corrected chi connectivity index (χ0v) is 12.3. The summed E-state index contributed by atoms with van der Waals surface area (Å²) < 4.78 is 0. The average Bonchev–Trinajstić information content (AvgIpc) is 2.78. The molecule has 0 aliphatic carbocycles. The fraction of sp³-hybridized carbons (Fsp3) is 0.714. The SMILES string of the molecule is CC(=O)c1csc(CC2CCCCN2C(C)C)n1. The molecule has 0 bridgehead atoms. The smallest absolute Gasteiger partial charge is 0.178 e. The maximum Gasteiger partial charge on any atom is 0.178 e. The van der Waals surface area contributed by atoms with Crippen molar-refractivity contribution >= 4 is 17.1 Å². The molecule has 0 aromatic carbocycles. The van der Waals surface area contributed by atoms with E-state index in [1.807, 2.05) is 5.38 Å². The molecule has 0 saturated carbocycles. The molecule has 2 rings (SSSR count). The molecular formula is C14H22N2OS. The summed E-state index contributed by atoms with van der Waals surface area (Å²) in [7, 11) is 0. The molecule has 1 saturated heterocycles. The maximum absolute atomic E-state index is 11.3. The molecular weight excluding hydrogens is 244 g/mol. The summed E-state index contributed by atoms with van der Waals surface area (Å²) in [4.78, 5) is 18.3. The van der Waals surface area contributed by atoms with E-state index in [2.05, 4.69) is 23.7 Å². The van der Waals surface area contributed by atoms with Gasteiger partial charge in [0.05, 0.1) is 5.01 Å². The van der Waals surface area contributed by atoms with Crippen LogP contribution in [0.4, 0.5) is 0 Å². The Hall–Kier alpha value is -0.740. The van der Waals surface area contributed by atoms with Crippen molar-refractivity contribution in [1.29, 1.82) is 0 Å². The van der Waals surface area contributed by atoms with Gasteiger partial charge in [0.1, 0.15) is 5.69 Å². The second kappa shape index (κ2) is 5.93. The van der Waals surface area contributed by atoms with Crippen LogP contribution in [0.25, 0.3) is 0 Å². The molecule has 100 valence electrons. The topological polar surface area (TPSA) is 33.2 Å². The molecule has 18 heavy (non-hydrogen) atoms. The van der Waals surface area contributed by atoms with E-state index in [0.717, 1.165) is 11.4 Å². The normalized spacial score (nSPS) is 21.4.